The number of furan rings is 1. The average molecular weight is 231 g/mol. The first kappa shape index (κ1) is 10.2. The molecule has 1 aromatic carbocycles. The summed E-state index contributed by atoms with van der Waals surface area (Å²) in [5, 5.41) is 1.09. The highest BCUT2D eigenvalue weighted by molar-refractivity contribution is 5.86. The molecule has 0 spiro atoms. The molecule has 88 valence electrons. The Morgan fingerprint density at radius 2 is 2.06 bits per heavy atom. The summed E-state index contributed by atoms with van der Waals surface area (Å²) in [4.78, 5) is 13.0. The molecule has 1 aliphatic rings. The molecule has 0 radical (unpaired) electrons. The van der Waals surface area contributed by atoms with Gasteiger partial charge in [0.15, 0.2) is 0 Å². The van der Waals surface area contributed by atoms with E-state index < -0.39 is 0 Å². The van der Waals surface area contributed by atoms with E-state index >= 15 is 0 Å². The Balaban J connectivity index is 2.24. The van der Waals surface area contributed by atoms with Crippen LogP contribution in [0.1, 0.15) is 16.9 Å². The number of carbonyl (C=O) groups is 1. The maximum Gasteiger partial charge on any atom is 0.415 e. The number of hydrogen-bond acceptors (Lipinski definition) is 3. The minimum absolute atomic E-state index is 0.322. The van der Waals surface area contributed by atoms with Crippen molar-refractivity contribution in [1.29, 1.82) is 0 Å². The van der Waals surface area contributed by atoms with Gasteiger partial charge in [-0.05, 0) is 25.5 Å². The van der Waals surface area contributed by atoms with Gasteiger partial charge in [-0.2, -0.15) is 0 Å². The second-order valence-electron chi connectivity index (χ2n) is 4.46. The third kappa shape index (κ3) is 1.40. The van der Waals surface area contributed by atoms with Crippen molar-refractivity contribution in [2.45, 2.75) is 20.4 Å². The molecular weight excluding hydrogens is 218 g/mol. The predicted octanol–water partition coefficient (Wildman–Crippen LogP) is 2.99. The van der Waals surface area contributed by atoms with Crippen molar-refractivity contribution in [2.24, 2.45) is 0 Å². The molecule has 0 unspecified atom stereocenters. The molecule has 2 aromatic rings. The van der Waals surface area contributed by atoms with Gasteiger partial charge in [-0.1, -0.05) is 0 Å². The van der Waals surface area contributed by atoms with Crippen molar-refractivity contribution >= 4 is 17.1 Å². The molecule has 2 heterocycles. The summed E-state index contributed by atoms with van der Waals surface area (Å²) in [6, 6.07) is 3.84. The van der Waals surface area contributed by atoms with E-state index in [0.717, 1.165) is 27.9 Å². The third-order valence-corrected chi connectivity index (χ3v) is 3.27. The van der Waals surface area contributed by atoms with Crippen LogP contribution < -0.4 is 4.74 Å². The van der Waals surface area contributed by atoms with E-state index in [4.69, 9.17) is 9.15 Å². The van der Waals surface area contributed by atoms with Gasteiger partial charge in [0.05, 0.1) is 6.54 Å². The number of aryl methyl sites for hydroxylation is 2. The maximum atomic E-state index is 11.4. The zero-order valence-electron chi connectivity index (χ0n) is 10.0. The van der Waals surface area contributed by atoms with Crippen LogP contribution in [-0.2, 0) is 6.54 Å². The van der Waals surface area contributed by atoms with Crippen molar-refractivity contribution in [3.05, 3.63) is 29.0 Å². The van der Waals surface area contributed by atoms with E-state index in [1.807, 2.05) is 19.9 Å². The Labute approximate surface area is 98.8 Å². The molecule has 0 saturated carbocycles. The van der Waals surface area contributed by atoms with Gasteiger partial charge in [-0.15, -0.1) is 0 Å². The van der Waals surface area contributed by atoms with Gasteiger partial charge in [0.2, 0.25) is 0 Å². The quantitative estimate of drug-likeness (QED) is 0.700. The number of ether oxygens (including phenoxy) is 1. The van der Waals surface area contributed by atoms with Crippen LogP contribution in [0.25, 0.3) is 11.0 Å². The Kier molecular flexibility index (Phi) is 1.96. The lowest BCUT2D eigenvalue weighted by atomic mass is 10.1. The van der Waals surface area contributed by atoms with Crippen molar-refractivity contribution in [3.63, 3.8) is 0 Å². The number of hydrogen-bond donors (Lipinski definition) is 0. The summed E-state index contributed by atoms with van der Waals surface area (Å²) in [5.41, 5.74) is 2.93. The molecule has 0 bridgehead atoms. The molecule has 0 atom stereocenters. The molecular formula is C13H13NO3. The van der Waals surface area contributed by atoms with Gasteiger partial charge in [0.1, 0.15) is 17.1 Å². The van der Waals surface area contributed by atoms with Crippen LogP contribution in [0.15, 0.2) is 16.5 Å². The van der Waals surface area contributed by atoms with Crippen LogP contribution in [-0.4, -0.2) is 18.0 Å². The minimum atomic E-state index is -0.322. The fraction of sp³-hybridized carbons (Fsp3) is 0.308. The molecule has 0 fully saturated rings. The van der Waals surface area contributed by atoms with E-state index in [9.17, 15) is 4.79 Å². The summed E-state index contributed by atoms with van der Waals surface area (Å²) in [7, 11) is 1.73. The Morgan fingerprint density at radius 3 is 2.82 bits per heavy atom. The van der Waals surface area contributed by atoms with Crippen LogP contribution in [0.4, 0.5) is 4.79 Å². The summed E-state index contributed by atoms with van der Waals surface area (Å²) in [6.07, 6.45) is -0.322. The highest BCUT2D eigenvalue weighted by Gasteiger charge is 2.23. The van der Waals surface area contributed by atoms with E-state index in [2.05, 4.69) is 0 Å². The fourth-order valence-corrected chi connectivity index (χ4v) is 2.13. The molecule has 0 N–H and O–H groups in total. The van der Waals surface area contributed by atoms with Gasteiger partial charge in [0.25, 0.3) is 0 Å². The second kappa shape index (κ2) is 3.26. The van der Waals surface area contributed by atoms with Gasteiger partial charge in [-0.25, -0.2) is 4.79 Å². The summed E-state index contributed by atoms with van der Waals surface area (Å²) >= 11 is 0. The van der Waals surface area contributed by atoms with Crippen LogP contribution in [0.5, 0.6) is 5.75 Å². The van der Waals surface area contributed by atoms with E-state index in [1.54, 1.807) is 18.0 Å². The fourth-order valence-electron chi connectivity index (χ4n) is 2.13. The first-order valence-electron chi connectivity index (χ1n) is 5.52. The van der Waals surface area contributed by atoms with Crippen molar-refractivity contribution < 1.29 is 13.9 Å². The highest BCUT2D eigenvalue weighted by atomic mass is 16.6. The lowest BCUT2D eigenvalue weighted by molar-refractivity contribution is 0.150. The number of fused-ring (bicyclic) bond motifs is 2. The SMILES string of the molecule is Cc1oc2cc3c(cc2c1C)CN(C)C(=O)O3. The monoisotopic (exact) mass is 231 g/mol. The largest absolute Gasteiger partial charge is 0.461 e. The molecule has 0 saturated heterocycles. The number of carbonyl (C=O) groups excluding carboxylic acids is 1. The molecule has 1 aromatic heterocycles. The van der Waals surface area contributed by atoms with E-state index in [-0.39, 0.29) is 6.09 Å². The standard InChI is InChI=1S/C13H13NO3/c1-7-8(2)16-12-5-11-9(4-10(7)12)6-14(3)13(15)17-11/h4-5H,6H2,1-3H3. The first-order valence-corrected chi connectivity index (χ1v) is 5.52. The van der Waals surface area contributed by atoms with Gasteiger partial charge >= 0.3 is 6.09 Å². The molecule has 4 nitrogen and oxygen atoms in total. The Bertz CT molecular complexity index is 627. The van der Waals surface area contributed by atoms with Crippen LogP contribution in [0.2, 0.25) is 0 Å². The summed E-state index contributed by atoms with van der Waals surface area (Å²) in [5.74, 6) is 1.51. The normalized spacial score (nSPS) is 15.0. The first-order chi connectivity index (χ1) is 8.06. The summed E-state index contributed by atoms with van der Waals surface area (Å²) in [6.45, 7) is 4.55. The Hall–Kier alpha value is -1.97. The van der Waals surface area contributed by atoms with Crippen molar-refractivity contribution in [3.8, 4) is 5.75 Å². The van der Waals surface area contributed by atoms with E-state index in [1.165, 1.54) is 0 Å². The molecule has 1 amide bonds. The number of nitrogens with zero attached hydrogens (tertiary/aromatic N) is 1. The molecule has 17 heavy (non-hydrogen) atoms. The van der Waals surface area contributed by atoms with Gasteiger partial charge in [0, 0.05) is 24.1 Å². The van der Waals surface area contributed by atoms with Crippen LogP contribution in [0, 0.1) is 13.8 Å². The second-order valence-corrected chi connectivity index (χ2v) is 4.46. The predicted molar refractivity (Wildman–Crippen MR) is 63.2 cm³/mol. The average Bonchev–Trinajstić information content (AvgIpc) is 2.54. The molecule has 4 heteroatoms. The smallest absolute Gasteiger partial charge is 0.415 e. The van der Waals surface area contributed by atoms with Gasteiger partial charge in [-0.3, -0.25) is 0 Å². The minimum Gasteiger partial charge on any atom is -0.461 e. The van der Waals surface area contributed by atoms with Crippen LogP contribution >= 0.6 is 0 Å². The molecule has 3 rings (SSSR count). The summed E-state index contributed by atoms with van der Waals surface area (Å²) < 4.78 is 10.9. The van der Waals surface area contributed by atoms with Gasteiger partial charge < -0.3 is 14.1 Å². The van der Waals surface area contributed by atoms with Crippen molar-refractivity contribution in [2.75, 3.05) is 7.05 Å². The highest BCUT2D eigenvalue weighted by Crippen LogP contribution is 2.34. The lowest BCUT2D eigenvalue weighted by Gasteiger charge is -2.24. The topological polar surface area (TPSA) is 42.7 Å². The maximum absolute atomic E-state index is 11.4. The zero-order valence-corrected chi connectivity index (χ0v) is 10.0. The van der Waals surface area contributed by atoms with Crippen molar-refractivity contribution in [1.82, 2.24) is 4.90 Å². The molecule has 0 aliphatic carbocycles. The van der Waals surface area contributed by atoms with E-state index in [0.29, 0.717) is 12.3 Å². The zero-order chi connectivity index (χ0) is 12.2. The molecule has 1 aliphatic heterocycles. The van der Waals surface area contributed by atoms with Crippen LogP contribution in [0.3, 0.4) is 0 Å². The Morgan fingerprint density at radius 1 is 1.29 bits per heavy atom. The third-order valence-electron chi connectivity index (χ3n) is 3.27. The number of amides is 1. The number of benzene rings is 1. The lowest BCUT2D eigenvalue weighted by Crippen LogP contribution is -2.33. The number of rotatable bonds is 0.